The van der Waals surface area contributed by atoms with E-state index in [1.54, 1.807) is 4.52 Å². The molecule has 4 rings (SSSR count). The quantitative estimate of drug-likeness (QED) is 0.431. The van der Waals surface area contributed by atoms with Gasteiger partial charge in [-0.15, -0.1) is 10.2 Å². The van der Waals surface area contributed by atoms with Crippen LogP contribution in [0.1, 0.15) is 18.1 Å². The van der Waals surface area contributed by atoms with Gasteiger partial charge in [0.2, 0.25) is 11.1 Å². The first-order chi connectivity index (χ1) is 15.0. The van der Waals surface area contributed by atoms with Crippen molar-refractivity contribution in [2.24, 2.45) is 0 Å². The molecule has 0 saturated carbocycles. The summed E-state index contributed by atoms with van der Waals surface area (Å²) in [6.45, 7) is 6.60. The zero-order chi connectivity index (χ0) is 21.8. The van der Waals surface area contributed by atoms with Crippen LogP contribution in [-0.2, 0) is 4.79 Å². The molecular weight excluding hydrogens is 410 g/mol. The summed E-state index contributed by atoms with van der Waals surface area (Å²) < 4.78 is 7.17. The lowest BCUT2D eigenvalue weighted by molar-refractivity contribution is -0.113. The van der Waals surface area contributed by atoms with Gasteiger partial charge >= 0.3 is 0 Å². The van der Waals surface area contributed by atoms with Crippen LogP contribution in [-0.4, -0.2) is 38.1 Å². The molecule has 158 valence electrons. The third-order valence-corrected chi connectivity index (χ3v) is 5.83. The van der Waals surface area contributed by atoms with E-state index in [9.17, 15) is 4.79 Å². The van der Waals surface area contributed by atoms with Crippen LogP contribution in [0.15, 0.2) is 59.8 Å². The molecule has 0 aliphatic rings. The predicted octanol–water partition coefficient (Wildman–Crippen LogP) is 4.54. The maximum absolute atomic E-state index is 12.5. The summed E-state index contributed by atoms with van der Waals surface area (Å²) in [5.74, 6) is 0.934. The van der Waals surface area contributed by atoms with E-state index in [4.69, 9.17) is 4.74 Å². The molecule has 0 aliphatic carbocycles. The number of carbonyl (C=O) groups is 1. The topological polar surface area (TPSA) is 81.4 Å². The molecule has 0 bridgehead atoms. The molecule has 31 heavy (non-hydrogen) atoms. The van der Waals surface area contributed by atoms with Crippen molar-refractivity contribution in [3.8, 4) is 17.0 Å². The summed E-state index contributed by atoms with van der Waals surface area (Å²) in [4.78, 5) is 12.5. The van der Waals surface area contributed by atoms with Crippen LogP contribution in [0.3, 0.4) is 0 Å². The van der Waals surface area contributed by atoms with Crippen LogP contribution in [0.5, 0.6) is 5.75 Å². The lowest BCUT2D eigenvalue weighted by Crippen LogP contribution is -2.15. The van der Waals surface area contributed by atoms with Crippen molar-refractivity contribution in [2.75, 3.05) is 17.7 Å². The first kappa shape index (κ1) is 20.9. The van der Waals surface area contributed by atoms with Gasteiger partial charge in [0.15, 0.2) is 5.65 Å². The number of carbonyl (C=O) groups excluding carboxylic acids is 1. The number of thioether (sulfide) groups is 1. The normalized spacial score (nSPS) is 10.9. The van der Waals surface area contributed by atoms with E-state index >= 15 is 0 Å². The summed E-state index contributed by atoms with van der Waals surface area (Å²) >= 11 is 1.30. The Morgan fingerprint density at radius 2 is 1.87 bits per heavy atom. The van der Waals surface area contributed by atoms with Crippen molar-refractivity contribution in [1.29, 1.82) is 0 Å². The minimum atomic E-state index is -0.0990. The van der Waals surface area contributed by atoms with Gasteiger partial charge < -0.3 is 10.1 Å². The molecule has 1 N–H and O–H groups in total. The number of anilines is 1. The molecule has 7 nitrogen and oxygen atoms in total. The first-order valence-corrected chi connectivity index (χ1v) is 11.0. The lowest BCUT2D eigenvalue weighted by Gasteiger charge is -2.10. The van der Waals surface area contributed by atoms with Crippen LogP contribution in [0, 0.1) is 13.8 Å². The minimum Gasteiger partial charge on any atom is -0.494 e. The van der Waals surface area contributed by atoms with Crippen LogP contribution in [0.4, 0.5) is 5.69 Å². The summed E-state index contributed by atoms with van der Waals surface area (Å²) in [6, 6.07) is 17.4. The number of ether oxygens (including phenoxy) is 1. The average molecular weight is 434 g/mol. The monoisotopic (exact) mass is 433 g/mol. The zero-order valence-corrected chi connectivity index (χ0v) is 18.4. The van der Waals surface area contributed by atoms with E-state index in [1.807, 2.05) is 75.4 Å². The van der Waals surface area contributed by atoms with Gasteiger partial charge in [-0.3, -0.25) is 4.79 Å². The Morgan fingerprint density at radius 3 is 2.65 bits per heavy atom. The fourth-order valence-electron chi connectivity index (χ4n) is 3.10. The summed E-state index contributed by atoms with van der Waals surface area (Å²) in [5.41, 5.74) is 5.41. The number of fused-ring (bicyclic) bond motifs is 1. The lowest BCUT2D eigenvalue weighted by atomic mass is 10.1. The van der Waals surface area contributed by atoms with Gasteiger partial charge in [-0.25, -0.2) is 0 Å². The molecule has 4 aromatic rings. The van der Waals surface area contributed by atoms with E-state index < -0.39 is 0 Å². The van der Waals surface area contributed by atoms with Gasteiger partial charge in [-0.05, 0) is 74.4 Å². The highest BCUT2D eigenvalue weighted by Crippen LogP contribution is 2.23. The number of rotatable bonds is 7. The molecule has 0 spiro atoms. The maximum Gasteiger partial charge on any atom is 0.234 e. The first-order valence-electron chi connectivity index (χ1n) is 9.99. The largest absolute Gasteiger partial charge is 0.494 e. The third kappa shape index (κ3) is 4.69. The summed E-state index contributed by atoms with van der Waals surface area (Å²) in [6.07, 6.45) is 0. The van der Waals surface area contributed by atoms with Crippen LogP contribution in [0.2, 0.25) is 0 Å². The average Bonchev–Trinajstić information content (AvgIpc) is 3.18. The number of hydrogen-bond donors (Lipinski definition) is 1. The summed E-state index contributed by atoms with van der Waals surface area (Å²) in [5, 5.41) is 16.6. The zero-order valence-electron chi connectivity index (χ0n) is 17.6. The number of hydrogen-bond acceptors (Lipinski definition) is 6. The van der Waals surface area contributed by atoms with Crippen molar-refractivity contribution in [3.63, 3.8) is 0 Å². The molecule has 2 aromatic heterocycles. The molecule has 0 aliphatic heterocycles. The Bertz CT molecular complexity index is 1220. The fourth-order valence-corrected chi connectivity index (χ4v) is 3.79. The molecule has 0 radical (unpaired) electrons. The van der Waals surface area contributed by atoms with Crippen molar-refractivity contribution in [2.45, 2.75) is 25.9 Å². The van der Waals surface area contributed by atoms with Crippen LogP contribution >= 0.6 is 11.8 Å². The van der Waals surface area contributed by atoms with E-state index in [0.29, 0.717) is 17.4 Å². The van der Waals surface area contributed by atoms with E-state index in [0.717, 1.165) is 33.8 Å². The second-order valence-corrected chi connectivity index (χ2v) is 7.96. The third-order valence-electron chi connectivity index (χ3n) is 4.91. The van der Waals surface area contributed by atoms with Gasteiger partial charge in [0.25, 0.3) is 0 Å². The highest BCUT2D eigenvalue weighted by Gasteiger charge is 2.13. The van der Waals surface area contributed by atoms with Crippen molar-refractivity contribution in [1.82, 2.24) is 19.8 Å². The van der Waals surface area contributed by atoms with Gasteiger partial charge in [-0.2, -0.15) is 9.61 Å². The van der Waals surface area contributed by atoms with E-state index in [2.05, 4.69) is 20.6 Å². The molecule has 2 heterocycles. The van der Waals surface area contributed by atoms with Gasteiger partial charge in [0, 0.05) is 11.3 Å². The number of aryl methyl sites for hydroxylation is 1. The Hall–Kier alpha value is -3.39. The van der Waals surface area contributed by atoms with Crippen molar-refractivity contribution < 1.29 is 9.53 Å². The Morgan fingerprint density at radius 1 is 1.06 bits per heavy atom. The number of benzene rings is 2. The van der Waals surface area contributed by atoms with Gasteiger partial charge in [0.1, 0.15) is 5.75 Å². The second kappa shape index (κ2) is 9.18. The Labute approximate surface area is 184 Å². The maximum atomic E-state index is 12.5. The SMILES string of the molecule is CCOc1ccc(-c2ccc3nnc(SCC(=O)Nc4cccc(C)c4C)n3n2)cc1. The molecule has 0 saturated heterocycles. The second-order valence-electron chi connectivity index (χ2n) is 7.01. The molecule has 0 fully saturated rings. The molecule has 0 atom stereocenters. The molecule has 1 amide bonds. The Balaban J connectivity index is 1.48. The highest BCUT2D eigenvalue weighted by molar-refractivity contribution is 7.99. The van der Waals surface area contributed by atoms with Crippen LogP contribution in [0.25, 0.3) is 16.9 Å². The number of aromatic nitrogens is 4. The van der Waals surface area contributed by atoms with Gasteiger partial charge in [-0.1, -0.05) is 23.9 Å². The Kier molecular flexibility index (Phi) is 6.18. The van der Waals surface area contributed by atoms with Crippen molar-refractivity contribution >= 4 is 29.0 Å². The molecular formula is C23H23N5O2S. The number of nitrogens with zero attached hydrogens (tertiary/aromatic N) is 4. The van der Waals surface area contributed by atoms with Gasteiger partial charge in [0.05, 0.1) is 18.1 Å². The smallest absolute Gasteiger partial charge is 0.234 e. The molecule has 0 unspecified atom stereocenters. The number of amides is 1. The van der Waals surface area contributed by atoms with Crippen molar-refractivity contribution in [3.05, 3.63) is 65.7 Å². The highest BCUT2D eigenvalue weighted by atomic mass is 32.2. The van der Waals surface area contributed by atoms with E-state index in [-0.39, 0.29) is 11.7 Å². The minimum absolute atomic E-state index is 0.0990. The van der Waals surface area contributed by atoms with E-state index in [1.165, 1.54) is 11.8 Å². The fraction of sp³-hybridized carbons (Fsp3) is 0.217. The summed E-state index contributed by atoms with van der Waals surface area (Å²) in [7, 11) is 0. The van der Waals surface area contributed by atoms with Crippen LogP contribution < -0.4 is 10.1 Å². The number of nitrogens with one attached hydrogen (secondary N) is 1. The molecule has 8 heteroatoms. The predicted molar refractivity (Wildman–Crippen MR) is 123 cm³/mol. The molecule has 2 aromatic carbocycles. The standard InChI is InChI=1S/C23H23N5O2S/c1-4-30-18-10-8-17(9-11-18)20-12-13-21-25-26-23(28(21)27-20)31-14-22(29)24-19-7-5-6-15(2)16(19)3/h5-13H,4,14H2,1-3H3,(H,24,29).